The van der Waals surface area contributed by atoms with Crippen molar-refractivity contribution in [3.8, 4) is 11.5 Å². The van der Waals surface area contributed by atoms with Crippen LogP contribution in [0.15, 0.2) is 77.9 Å². The van der Waals surface area contributed by atoms with Crippen LogP contribution in [0, 0.1) is 0 Å². The number of hydrogen-bond acceptors (Lipinski definition) is 5. The van der Waals surface area contributed by atoms with Gasteiger partial charge in [-0.25, -0.2) is 4.68 Å². The minimum atomic E-state index is -0.148. The molecule has 162 valence electrons. The third-order valence-electron chi connectivity index (χ3n) is 5.96. The monoisotopic (exact) mass is 436 g/mol. The van der Waals surface area contributed by atoms with E-state index in [0.717, 1.165) is 32.8 Å². The van der Waals surface area contributed by atoms with Gasteiger partial charge in [-0.05, 0) is 35.9 Å². The van der Waals surface area contributed by atoms with Gasteiger partial charge in [0.2, 0.25) is 0 Å². The number of anilines is 1. The zero-order valence-electron chi connectivity index (χ0n) is 17.8. The van der Waals surface area contributed by atoms with E-state index < -0.39 is 0 Å². The van der Waals surface area contributed by atoms with Crippen LogP contribution in [0.5, 0.6) is 11.5 Å². The van der Waals surface area contributed by atoms with Gasteiger partial charge in [0.05, 0.1) is 30.0 Å². The summed E-state index contributed by atoms with van der Waals surface area (Å²) in [6.45, 7) is 0.358. The molecule has 3 aromatic heterocycles. The third kappa shape index (κ3) is 3.11. The fourth-order valence-electron chi connectivity index (χ4n) is 4.36. The molecule has 0 aliphatic heterocycles. The maximum atomic E-state index is 13.4. The van der Waals surface area contributed by atoms with Gasteiger partial charge in [0.15, 0.2) is 0 Å². The van der Waals surface area contributed by atoms with E-state index in [1.54, 1.807) is 18.5 Å². The van der Waals surface area contributed by atoms with E-state index in [1.807, 2.05) is 66.2 Å². The Hall–Kier alpha value is -4.59. The lowest BCUT2D eigenvalue weighted by Gasteiger charge is -2.07. The molecule has 3 aromatic carbocycles. The van der Waals surface area contributed by atoms with Crippen molar-refractivity contribution in [2.75, 3.05) is 5.73 Å². The number of nitrogens with zero attached hydrogens (tertiary/aromatic N) is 4. The number of aromatic amines is 1. The molecular formula is C25H20N6O2. The van der Waals surface area contributed by atoms with E-state index in [4.69, 9.17) is 10.5 Å². The van der Waals surface area contributed by atoms with Gasteiger partial charge < -0.3 is 15.0 Å². The van der Waals surface area contributed by atoms with Gasteiger partial charge in [-0.1, -0.05) is 18.2 Å². The molecule has 8 heteroatoms. The first-order valence-electron chi connectivity index (χ1n) is 10.5. The smallest absolute Gasteiger partial charge is 0.291 e. The highest BCUT2D eigenvalue weighted by atomic mass is 16.5. The van der Waals surface area contributed by atoms with Crippen molar-refractivity contribution in [2.24, 2.45) is 7.05 Å². The number of hydrogen-bond donors (Lipinski definition) is 2. The molecule has 0 saturated heterocycles. The zero-order valence-corrected chi connectivity index (χ0v) is 17.8. The number of rotatable bonds is 4. The highest BCUT2D eigenvalue weighted by Crippen LogP contribution is 2.31. The Morgan fingerprint density at radius 1 is 0.970 bits per heavy atom. The minimum Gasteiger partial charge on any atom is -0.457 e. The molecule has 0 amide bonds. The lowest BCUT2D eigenvalue weighted by molar-refractivity contribution is 0.483. The quantitative estimate of drug-likeness (QED) is 0.403. The van der Waals surface area contributed by atoms with Gasteiger partial charge in [-0.15, -0.1) is 0 Å². The fourth-order valence-corrected chi connectivity index (χ4v) is 4.36. The van der Waals surface area contributed by atoms with Crippen LogP contribution < -0.4 is 16.0 Å². The van der Waals surface area contributed by atoms with Crippen LogP contribution in [-0.2, 0) is 13.6 Å². The second-order valence-electron chi connectivity index (χ2n) is 8.03. The van der Waals surface area contributed by atoms with Crippen LogP contribution in [0.2, 0.25) is 0 Å². The maximum absolute atomic E-state index is 13.4. The number of fused-ring (bicyclic) bond motifs is 4. The van der Waals surface area contributed by atoms with Crippen LogP contribution in [0.4, 0.5) is 5.69 Å². The molecular weight excluding hydrogens is 416 g/mol. The molecule has 3 heterocycles. The molecule has 8 nitrogen and oxygen atoms in total. The highest BCUT2D eigenvalue weighted by molar-refractivity contribution is 6.07. The van der Waals surface area contributed by atoms with Crippen molar-refractivity contribution in [2.45, 2.75) is 6.54 Å². The summed E-state index contributed by atoms with van der Waals surface area (Å²) in [4.78, 5) is 13.4. The SMILES string of the molecule is Cn1c2cc(Oc3cccc(N)c3)ccc2c2cnn(Cc3cccc4[nH]ncc34)c(=O)c21. The number of nitrogens with two attached hydrogens (primary N) is 1. The number of benzene rings is 3. The molecule has 0 unspecified atom stereocenters. The molecule has 6 rings (SSSR count). The van der Waals surface area contributed by atoms with Crippen molar-refractivity contribution in [1.29, 1.82) is 0 Å². The minimum absolute atomic E-state index is 0.148. The topological polar surface area (TPSA) is 104 Å². The summed E-state index contributed by atoms with van der Waals surface area (Å²) in [5.74, 6) is 1.32. The first kappa shape index (κ1) is 19.1. The van der Waals surface area contributed by atoms with Crippen molar-refractivity contribution in [3.05, 3.63) is 89.0 Å². The van der Waals surface area contributed by atoms with Crippen LogP contribution in [0.25, 0.3) is 32.7 Å². The molecule has 3 N–H and O–H groups in total. The van der Waals surface area contributed by atoms with Gasteiger partial charge in [0.1, 0.15) is 17.0 Å². The second-order valence-corrected chi connectivity index (χ2v) is 8.03. The Kier molecular flexibility index (Phi) is 4.19. The molecule has 0 atom stereocenters. The van der Waals surface area contributed by atoms with Crippen LogP contribution >= 0.6 is 0 Å². The van der Waals surface area contributed by atoms with Gasteiger partial charge in [0.25, 0.3) is 5.56 Å². The largest absolute Gasteiger partial charge is 0.457 e. The Bertz CT molecular complexity index is 1730. The second kappa shape index (κ2) is 7.23. The molecule has 0 fully saturated rings. The maximum Gasteiger partial charge on any atom is 0.291 e. The summed E-state index contributed by atoms with van der Waals surface area (Å²) in [7, 11) is 1.89. The van der Waals surface area contributed by atoms with Gasteiger partial charge >= 0.3 is 0 Å². The molecule has 0 aliphatic carbocycles. The van der Waals surface area contributed by atoms with Crippen LogP contribution in [0.1, 0.15) is 5.56 Å². The summed E-state index contributed by atoms with van der Waals surface area (Å²) in [5.41, 5.74) is 9.74. The average Bonchev–Trinajstić information content (AvgIpc) is 3.40. The van der Waals surface area contributed by atoms with E-state index in [1.165, 1.54) is 4.68 Å². The number of nitrogen functional groups attached to an aromatic ring is 1. The summed E-state index contributed by atoms with van der Waals surface area (Å²) in [6, 6.07) is 18.9. The van der Waals surface area contributed by atoms with Crippen LogP contribution in [-0.4, -0.2) is 24.5 Å². The van der Waals surface area contributed by atoms with Crippen LogP contribution in [0.3, 0.4) is 0 Å². The van der Waals surface area contributed by atoms with E-state index in [0.29, 0.717) is 29.2 Å². The molecule has 0 spiro atoms. The number of aromatic nitrogens is 5. The third-order valence-corrected chi connectivity index (χ3v) is 5.96. The van der Waals surface area contributed by atoms with E-state index >= 15 is 0 Å². The van der Waals surface area contributed by atoms with Gasteiger partial charge in [-0.3, -0.25) is 9.89 Å². The number of nitrogens with one attached hydrogen (secondary N) is 1. The van der Waals surface area contributed by atoms with Crippen molar-refractivity contribution in [3.63, 3.8) is 0 Å². The van der Waals surface area contributed by atoms with E-state index in [9.17, 15) is 4.79 Å². The average molecular weight is 436 g/mol. The van der Waals surface area contributed by atoms with E-state index in [-0.39, 0.29) is 5.56 Å². The Morgan fingerprint density at radius 2 is 1.82 bits per heavy atom. The Labute approximate surface area is 187 Å². The predicted molar refractivity (Wildman–Crippen MR) is 129 cm³/mol. The lowest BCUT2D eigenvalue weighted by Crippen LogP contribution is -2.24. The number of aryl methyl sites for hydroxylation is 1. The lowest BCUT2D eigenvalue weighted by atomic mass is 10.1. The Morgan fingerprint density at radius 3 is 2.70 bits per heavy atom. The summed E-state index contributed by atoms with van der Waals surface area (Å²) in [5, 5.41) is 14.3. The highest BCUT2D eigenvalue weighted by Gasteiger charge is 2.16. The molecule has 6 aromatic rings. The first-order valence-corrected chi connectivity index (χ1v) is 10.5. The van der Waals surface area contributed by atoms with E-state index in [2.05, 4.69) is 15.3 Å². The van der Waals surface area contributed by atoms with Gasteiger partial charge in [0, 0.05) is 41.0 Å². The number of ether oxygens (including phenoxy) is 1. The summed E-state index contributed by atoms with van der Waals surface area (Å²) >= 11 is 0. The Balaban J connectivity index is 1.44. The van der Waals surface area contributed by atoms with Crippen molar-refractivity contribution < 1.29 is 4.74 Å². The fraction of sp³-hybridized carbons (Fsp3) is 0.0800. The number of H-pyrrole nitrogens is 1. The molecule has 0 aliphatic rings. The summed E-state index contributed by atoms with van der Waals surface area (Å²) in [6.07, 6.45) is 3.53. The zero-order chi connectivity index (χ0) is 22.5. The molecule has 0 saturated carbocycles. The normalized spacial score (nSPS) is 11.5. The first-order chi connectivity index (χ1) is 16.1. The molecule has 0 bridgehead atoms. The summed E-state index contributed by atoms with van der Waals surface area (Å²) < 4.78 is 9.38. The van der Waals surface area contributed by atoms with Crippen molar-refractivity contribution in [1.82, 2.24) is 24.5 Å². The molecule has 33 heavy (non-hydrogen) atoms. The van der Waals surface area contributed by atoms with Gasteiger partial charge in [-0.2, -0.15) is 10.2 Å². The predicted octanol–water partition coefficient (Wildman–Crippen LogP) is 4.19. The standard InChI is InChI=1S/C25H20N6O2/c1-30-23-11-18(33-17-6-3-5-16(26)10-17)8-9-19(23)21-13-28-31(25(32)24(21)30)14-15-4-2-7-22-20(15)12-27-29-22/h2-13H,14,26H2,1H3,(H,27,29). The molecule has 0 radical (unpaired) electrons. The van der Waals surface area contributed by atoms with Crippen molar-refractivity contribution >= 4 is 38.4 Å².